The van der Waals surface area contributed by atoms with E-state index in [1.54, 1.807) is 23.4 Å². The number of benzene rings is 1. The lowest BCUT2D eigenvalue weighted by Gasteiger charge is -2.47. The van der Waals surface area contributed by atoms with E-state index in [0.717, 1.165) is 17.7 Å². The minimum absolute atomic E-state index is 0.0866. The molecule has 11 heteroatoms. The molecule has 0 aliphatic carbocycles. The quantitative estimate of drug-likeness (QED) is 0.689. The first-order valence-corrected chi connectivity index (χ1v) is 10.3. The van der Waals surface area contributed by atoms with E-state index in [-0.39, 0.29) is 56.6 Å². The van der Waals surface area contributed by atoms with Gasteiger partial charge in [0.05, 0.1) is 32.7 Å². The summed E-state index contributed by atoms with van der Waals surface area (Å²) in [5, 5.41) is 0. The van der Waals surface area contributed by atoms with Gasteiger partial charge in [-0.05, 0) is 35.9 Å². The molecule has 2 fully saturated rings. The first kappa shape index (κ1) is 23.0. The number of hydrogen-bond donors (Lipinski definition) is 0. The van der Waals surface area contributed by atoms with E-state index in [1.165, 1.54) is 17.0 Å². The minimum atomic E-state index is -4.80. The standard InChI is InChI=1S/C22H22F3N3O5/c23-22(24,25)33-18-5-3-17(4-6-18)20(30)28-9-11-32-21(15-28)14-27(8-10-31-21)19(29)12-16-2-1-7-26-13-16/h1-7,13H,8-12,14-15H2. The zero-order valence-electron chi connectivity index (χ0n) is 17.6. The molecule has 2 saturated heterocycles. The van der Waals surface area contributed by atoms with Crippen molar-refractivity contribution in [3.05, 3.63) is 59.9 Å². The Kier molecular flexibility index (Phi) is 6.52. The molecule has 0 radical (unpaired) electrons. The van der Waals surface area contributed by atoms with Gasteiger partial charge >= 0.3 is 6.36 Å². The molecule has 1 aromatic heterocycles. The lowest BCUT2D eigenvalue weighted by molar-refractivity contribution is -0.284. The molecular formula is C22H22F3N3O5. The Labute approximate surface area is 187 Å². The van der Waals surface area contributed by atoms with Crippen molar-refractivity contribution in [1.82, 2.24) is 14.8 Å². The van der Waals surface area contributed by atoms with Crippen molar-refractivity contribution in [3.63, 3.8) is 0 Å². The Morgan fingerprint density at radius 1 is 1.03 bits per heavy atom. The van der Waals surface area contributed by atoms with Crippen LogP contribution >= 0.6 is 0 Å². The van der Waals surface area contributed by atoms with Crippen molar-refractivity contribution in [2.75, 3.05) is 39.4 Å². The Morgan fingerprint density at radius 3 is 2.33 bits per heavy atom. The largest absolute Gasteiger partial charge is 0.573 e. The first-order valence-electron chi connectivity index (χ1n) is 10.3. The van der Waals surface area contributed by atoms with Crippen LogP contribution in [0.4, 0.5) is 13.2 Å². The van der Waals surface area contributed by atoms with Gasteiger partial charge in [-0.1, -0.05) is 6.07 Å². The van der Waals surface area contributed by atoms with Crippen LogP contribution in [0.2, 0.25) is 0 Å². The first-order chi connectivity index (χ1) is 15.7. The second-order valence-corrected chi connectivity index (χ2v) is 7.76. The van der Waals surface area contributed by atoms with Crippen LogP contribution in [0.15, 0.2) is 48.8 Å². The van der Waals surface area contributed by atoms with Crippen molar-refractivity contribution in [2.45, 2.75) is 18.6 Å². The average molecular weight is 465 g/mol. The Morgan fingerprint density at radius 2 is 1.70 bits per heavy atom. The lowest BCUT2D eigenvalue weighted by atomic mass is 10.1. The van der Waals surface area contributed by atoms with Gasteiger partial charge in [-0.25, -0.2) is 0 Å². The lowest BCUT2D eigenvalue weighted by Crippen LogP contribution is -2.63. The van der Waals surface area contributed by atoms with Gasteiger partial charge in [0.15, 0.2) is 0 Å². The molecule has 8 nitrogen and oxygen atoms in total. The van der Waals surface area contributed by atoms with E-state index < -0.39 is 17.9 Å². The predicted molar refractivity (Wildman–Crippen MR) is 108 cm³/mol. The van der Waals surface area contributed by atoms with Crippen LogP contribution in [0, 0.1) is 0 Å². The summed E-state index contributed by atoms with van der Waals surface area (Å²) in [4.78, 5) is 32.9. The number of carbonyl (C=O) groups excluding carboxylic acids is 2. The third-order valence-corrected chi connectivity index (χ3v) is 5.37. The molecule has 2 aromatic rings. The number of nitrogens with zero attached hydrogens (tertiary/aromatic N) is 3. The Hall–Kier alpha value is -3.18. The number of aromatic nitrogens is 1. The maximum Gasteiger partial charge on any atom is 0.573 e. The van der Waals surface area contributed by atoms with E-state index in [9.17, 15) is 22.8 Å². The van der Waals surface area contributed by atoms with Crippen molar-refractivity contribution < 1.29 is 37.0 Å². The van der Waals surface area contributed by atoms with E-state index >= 15 is 0 Å². The fourth-order valence-corrected chi connectivity index (χ4v) is 3.85. The smallest absolute Gasteiger partial charge is 0.406 e. The van der Waals surface area contributed by atoms with E-state index in [2.05, 4.69) is 9.72 Å². The van der Waals surface area contributed by atoms with Gasteiger partial charge in [0.2, 0.25) is 11.7 Å². The topological polar surface area (TPSA) is 81.2 Å². The summed E-state index contributed by atoms with van der Waals surface area (Å²) in [5.74, 6) is -2.04. The number of halogens is 3. The molecule has 176 valence electrons. The number of carbonyl (C=O) groups is 2. The monoisotopic (exact) mass is 465 g/mol. The van der Waals surface area contributed by atoms with E-state index in [0.29, 0.717) is 6.54 Å². The van der Waals surface area contributed by atoms with Gasteiger partial charge in [0.25, 0.3) is 5.91 Å². The second kappa shape index (κ2) is 9.36. The molecule has 0 N–H and O–H groups in total. The fourth-order valence-electron chi connectivity index (χ4n) is 3.85. The third-order valence-electron chi connectivity index (χ3n) is 5.37. The number of rotatable bonds is 4. The minimum Gasteiger partial charge on any atom is -0.406 e. The molecule has 4 rings (SSSR count). The van der Waals surface area contributed by atoms with Gasteiger partial charge in [0.1, 0.15) is 5.75 Å². The van der Waals surface area contributed by atoms with Crippen LogP contribution in [0.3, 0.4) is 0 Å². The van der Waals surface area contributed by atoms with Crippen LogP contribution < -0.4 is 4.74 Å². The molecule has 1 spiro atoms. The van der Waals surface area contributed by atoms with E-state index in [1.807, 2.05) is 6.07 Å². The number of pyridine rings is 1. The highest BCUT2D eigenvalue weighted by Crippen LogP contribution is 2.27. The molecule has 0 saturated carbocycles. The summed E-state index contributed by atoms with van der Waals surface area (Å²) < 4.78 is 52.6. The average Bonchev–Trinajstić information content (AvgIpc) is 2.79. The maximum absolute atomic E-state index is 12.9. The molecule has 2 amide bonds. The second-order valence-electron chi connectivity index (χ2n) is 7.76. The summed E-state index contributed by atoms with van der Waals surface area (Å²) in [5.41, 5.74) is 1.00. The fraction of sp³-hybridized carbons (Fsp3) is 0.409. The number of hydrogen-bond acceptors (Lipinski definition) is 6. The number of ether oxygens (including phenoxy) is 3. The Bertz CT molecular complexity index is 983. The zero-order valence-corrected chi connectivity index (χ0v) is 17.6. The number of morpholine rings is 2. The predicted octanol–water partition coefficient (Wildman–Crippen LogP) is 2.25. The van der Waals surface area contributed by atoms with Crippen molar-refractivity contribution in [1.29, 1.82) is 0 Å². The summed E-state index contributed by atoms with van der Waals surface area (Å²) >= 11 is 0. The van der Waals surface area contributed by atoms with Crippen LogP contribution in [0.25, 0.3) is 0 Å². The number of amides is 2. The highest BCUT2D eigenvalue weighted by atomic mass is 19.4. The summed E-state index contributed by atoms with van der Waals surface area (Å²) in [6.45, 7) is 1.39. The van der Waals surface area contributed by atoms with Gasteiger partial charge in [-0.3, -0.25) is 14.6 Å². The molecule has 2 aliphatic heterocycles. The highest BCUT2D eigenvalue weighted by molar-refractivity contribution is 5.94. The molecule has 1 atom stereocenters. The third kappa shape index (κ3) is 5.79. The summed E-state index contributed by atoms with van der Waals surface area (Å²) in [6.07, 6.45) is -1.34. The molecular weight excluding hydrogens is 443 g/mol. The highest BCUT2D eigenvalue weighted by Gasteiger charge is 2.44. The van der Waals surface area contributed by atoms with Crippen molar-refractivity contribution in [3.8, 4) is 5.75 Å². The Balaban J connectivity index is 1.40. The molecule has 3 heterocycles. The van der Waals surface area contributed by atoms with E-state index in [4.69, 9.17) is 9.47 Å². The molecule has 2 aliphatic rings. The summed E-state index contributed by atoms with van der Waals surface area (Å²) in [6, 6.07) is 8.32. The zero-order chi connectivity index (χ0) is 23.5. The van der Waals surface area contributed by atoms with Gasteiger partial charge in [-0.2, -0.15) is 0 Å². The molecule has 0 bridgehead atoms. The molecule has 33 heavy (non-hydrogen) atoms. The molecule has 1 aromatic carbocycles. The van der Waals surface area contributed by atoms with Gasteiger partial charge < -0.3 is 24.0 Å². The SMILES string of the molecule is O=C(Cc1cccnc1)N1CCOC2(C1)CN(C(=O)c1ccc(OC(F)(F)F)cc1)CCO2. The van der Waals surface area contributed by atoms with Crippen molar-refractivity contribution >= 4 is 11.8 Å². The van der Waals surface area contributed by atoms with Gasteiger partial charge in [-0.15, -0.1) is 13.2 Å². The van der Waals surface area contributed by atoms with Crippen LogP contribution in [0.1, 0.15) is 15.9 Å². The van der Waals surface area contributed by atoms with Crippen LogP contribution in [-0.2, 0) is 20.7 Å². The summed E-state index contributed by atoms with van der Waals surface area (Å²) in [7, 11) is 0. The van der Waals surface area contributed by atoms with Crippen LogP contribution in [-0.4, -0.2) is 78.1 Å². The normalized spacial score (nSPS) is 21.2. The van der Waals surface area contributed by atoms with Crippen LogP contribution in [0.5, 0.6) is 5.75 Å². The van der Waals surface area contributed by atoms with Crippen molar-refractivity contribution in [2.24, 2.45) is 0 Å². The number of alkyl halides is 3. The van der Waals surface area contributed by atoms with Gasteiger partial charge in [0, 0.05) is 31.0 Å². The maximum atomic E-state index is 12.9. The molecule has 1 unspecified atom stereocenters.